The number of aliphatic hydroxyl groups is 1. The minimum absolute atomic E-state index is 0.143. The molecule has 7 heteroatoms. The third-order valence-corrected chi connectivity index (χ3v) is 7.13. The molecule has 4 saturated carbocycles. The summed E-state index contributed by atoms with van der Waals surface area (Å²) in [5.41, 5.74) is 0.633. The zero-order valence-electron chi connectivity index (χ0n) is 14.8. The summed E-state index contributed by atoms with van der Waals surface area (Å²) in [4.78, 5) is 17.1. The van der Waals surface area contributed by atoms with Gasteiger partial charge in [0.25, 0.3) is 5.91 Å². The van der Waals surface area contributed by atoms with Crippen molar-refractivity contribution in [3.05, 3.63) is 41.2 Å². The molecule has 6 rings (SSSR count). The van der Waals surface area contributed by atoms with E-state index in [1.807, 2.05) is 0 Å². The van der Waals surface area contributed by atoms with Gasteiger partial charge in [-0.2, -0.15) is 0 Å². The summed E-state index contributed by atoms with van der Waals surface area (Å²) in [6.45, 7) is 0. The molecule has 1 heterocycles. The summed E-state index contributed by atoms with van der Waals surface area (Å²) in [5, 5.41) is 19.3. The Morgan fingerprint density at radius 1 is 1.19 bits per heavy atom. The molecule has 2 aromatic rings. The number of carbonyl (C=O) groups excluding carboxylic acids is 1. The summed E-state index contributed by atoms with van der Waals surface area (Å²) >= 11 is 1.35. The maximum absolute atomic E-state index is 13.0. The predicted molar refractivity (Wildman–Crippen MR) is 102 cm³/mol. The molecule has 4 bridgehead atoms. The topological polar surface area (TPSA) is 74.2 Å². The van der Waals surface area contributed by atoms with Gasteiger partial charge in [0.1, 0.15) is 11.5 Å². The lowest BCUT2D eigenvalue weighted by atomic mass is 9.52. The van der Waals surface area contributed by atoms with Gasteiger partial charge in [-0.05, 0) is 74.1 Å². The second-order valence-electron chi connectivity index (χ2n) is 8.36. The van der Waals surface area contributed by atoms with Gasteiger partial charge in [-0.25, -0.2) is 9.37 Å². The van der Waals surface area contributed by atoms with Gasteiger partial charge in [0.05, 0.1) is 5.60 Å². The van der Waals surface area contributed by atoms with E-state index < -0.39 is 5.60 Å². The summed E-state index contributed by atoms with van der Waals surface area (Å²) < 4.78 is 13.0. The molecule has 0 spiro atoms. The van der Waals surface area contributed by atoms with E-state index in [2.05, 4.69) is 15.6 Å². The zero-order chi connectivity index (χ0) is 18.6. The molecule has 142 valence electrons. The maximum atomic E-state index is 13.0. The van der Waals surface area contributed by atoms with Crippen molar-refractivity contribution in [2.24, 2.45) is 17.8 Å². The molecule has 4 fully saturated rings. The van der Waals surface area contributed by atoms with Gasteiger partial charge in [-0.15, -0.1) is 11.3 Å². The molecule has 0 saturated heterocycles. The fraction of sp³-hybridized carbons (Fsp3) is 0.500. The SMILES string of the molecule is O=C(NC1C2CC3CC1CC(O)(C3)C2)c1csc(Nc2ccc(F)cc2)n1. The number of carbonyl (C=O) groups is 1. The van der Waals surface area contributed by atoms with Crippen LogP contribution in [-0.4, -0.2) is 27.6 Å². The standard InChI is InChI=1S/C20H22FN3O2S/c21-14-1-3-15(4-2-14)22-19-23-16(10-27-19)18(25)24-17-12-5-11-6-13(17)9-20(26,7-11)8-12/h1-4,10-13,17,26H,5-9H2,(H,22,23)(H,24,25). The minimum Gasteiger partial charge on any atom is -0.390 e. The fourth-order valence-electron chi connectivity index (χ4n) is 5.53. The van der Waals surface area contributed by atoms with Gasteiger partial charge in [0.2, 0.25) is 0 Å². The number of rotatable bonds is 4. The quantitative estimate of drug-likeness (QED) is 0.748. The smallest absolute Gasteiger partial charge is 0.271 e. The molecule has 3 N–H and O–H groups in total. The van der Waals surface area contributed by atoms with Crippen molar-refractivity contribution in [3.63, 3.8) is 0 Å². The molecule has 0 radical (unpaired) electrons. The Morgan fingerprint density at radius 3 is 2.56 bits per heavy atom. The number of nitrogens with zero attached hydrogens (tertiary/aromatic N) is 1. The number of hydrogen-bond donors (Lipinski definition) is 3. The molecular formula is C20H22FN3O2S. The van der Waals surface area contributed by atoms with Crippen LogP contribution in [0.15, 0.2) is 29.6 Å². The van der Waals surface area contributed by atoms with E-state index in [0.29, 0.717) is 28.6 Å². The lowest BCUT2D eigenvalue weighted by molar-refractivity contribution is -0.136. The van der Waals surface area contributed by atoms with Crippen LogP contribution in [-0.2, 0) is 0 Å². The summed E-state index contributed by atoms with van der Waals surface area (Å²) in [6, 6.07) is 6.17. The first-order chi connectivity index (χ1) is 13.0. The van der Waals surface area contributed by atoms with Gasteiger partial charge in [-0.3, -0.25) is 4.79 Å². The Hall–Kier alpha value is -1.99. The molecule has 5 nitrogen and oxygen atoms in total. The molecular weight excluding hydrogens is 365 g/mol. The summed E-state index contributed by atoms with van der Waals surface area (Å²) in [7, 11) is 0. The van der Waals surface area contributed by atoms with E-state index in [1.165, 1.54) is 23.5 Å². The van der Waals surface area contributed by atoms with Crippen LogP contribution in [0.5, 0.6) is 0 Å². The Bertz CT molecular complexity index is 852. The first-order valence-electron chi connectivity index (χ1n) is 9.49. The maximum Gasteiger partial charge on any atom is 0.271 e. The van der Waals surface area contributed by atoms with Crippen LogP contribution >= 0.6 is 11.3 Å². The number of hydrogen-bond acceptors (Lipinski definition) is 5. The van der Waals surface area contributed by atoms with Gasteiger partial charge in [0, 0.05) is 17.1 Å². The van der Waals surface area contributed by atoms with Crippen molar-refractivity contribution in [1.29, 1.82) is 0 Å². The van der Waals surface area contributed by atoms with E-state index in [4.69, 9.17) is 0 Å². The Balaban J connectivity index is 1.26. The minimum atomic E-state index is -0.495. The number of aromatic nitrogens is 1. The number of thiazole rings is 1. The zero-order valence-corrected chi connectivity index (χ0v) is 15.6. The predicted octanol–water partition coefficient (Wildman–Crippen LogP) is 3.70. The lowest BCUT2D eigenvalue weighted by Gasteiger charge is -2.58. The van der Waals surface area contributed by atoms with E-state index in [0.717, 1.165) is 37.8 Å². The molecule has 1 amide bonds. The third-order valence-electron chi connectivity index (χ3n) is 6.37. The monoisotopic (exact) mass is 387 g/mol. The number of halogens is 1. The highest BCUT2D eigenvalue weighted by molar-refractivity contribution is 7.14. The largest absolute Gasteiger partial charge is 0.390 e. The highest BCUT2D eigenvalue weighted by Gasteiger charge is 2.55. The van der Waals surface area contributed by atoms with Crippen LogP contribution in [0, 0.1) is 23.6 Å². The molecule has 2 atom stereocenters. The molecule has 2 unspecified atom stereocenters. The van der Waals surface area contributed by atoms with Crippen LogP contribution in [0.3, 0.4) is 0 Å². The van der Waals surface area contributed by atoms with Crippen LogP contribution in [0.1, 0.15) is 42.6 Å². The van der Waals surface area contributed by atoms with E-state index >= 15 is 0 Å². The van der Waals surface area contributed by atoms with Crippen LogP contribution in [0.25, 0.3) is 0 Å². The Kier molecular flexibility index (Phi) is 3.98. The summed E-state index contributed by atoms with van der Waals surface area (Å²) in [6.07, 6.45) is 4.76. The molecule has 1 aromatic heterocycles. The number of amides is 1. The van der Waals surface area contributed by atoms with Crippen molar-refractivity contribution in [2.45, 2.75) is 43.7 Å². The lowest BCUT2D eigenvalue weighted by Crippen LogP contribution is -2.61. The van der Waals surface area contributed by atoms with Gasteiger partial charge >= 0.3 is 0 Å². The number of benzene rings is 1. The first kappa shape index (κ1) is 17.1. The van der Waals surface area contributed by atoms with Crippen molar-refractivity contribution >= 4 is 28.1 Å². The average Bonchev–Trinajstić information content (AvgIpc) is 3.07. The molecule has 0 aliphatic heterocycles. The van der Waals surface area contributed by atoms with Crippen molar-refractivity contribution < 1.29 is 14.3 Å². The highest BCUT2D eigenvalue weighted by Crippen LogP contribution is 2.55. The third kappa shape index (κ3) is 3.23. The van der Waals surface area contributed by atoms with Crippen molar-refractivity contribution in [3.8, 4) is 0 Å². The Labute approximate surface area is 161 Å². The Morgan fingerprint density at radius 2 is 1.89 bits per heavy atom. The van der Waals surface area contributed by atoms with E-state index in [1.54, 1.807) is 17.5 Å². The van der Waals surface area contributed by atoms with Crippen molar-refractivity contribution in [2.75, 3.05) is 5.32 Å². The normalized spacial score (nSPS) is 33.9. The van der Waals surface area contributed by atoms with Crippen LogP contribution in [0.2, 0.25) is 0 Å². The number of nitrogens with one attached hydrogen (secondary N) is 2. The fourth-order valence-corrected chi connectivity index (χ4v) is 6.25. The first-order valence-corrected chi connectivity index (χ1v) is 10.4. The van der Waals surface area contributed by atoms with E-state index in [9.17, 15) is 14.3 Å². The van der Waals surface area contributed by atoms with Crippen molar-refractivity contribution in [1.82, 2.24) is 10.3 Å². The van der Waals surface area contributed by atoms with Crippen LogP contribution < -0.4 is 10.6 Å². The molecule has 27 heavy (non-hydrogen) atoms. The van der Waals surface area contributed by atoms with Gasteiger partial charge < -0.3 is 15.7 Å². The second-order valence-corrected chi connectivity index (χ2v) is 9.22. The molecule has 4 aliphatic rings. The second kappa shape index (κ2) is 6.27. The van der Waals surface area contributed by atoms with Crippen LogP contribution in [0.4, 0.5) is 15.2 Å². The average molecular weight is 387 g/mol. The summed E-state index contributed by atoms with van der Waals surface area (Å²) in [5.74, 6) is 0.927. The van der Waals surface area contributed by atoms with E-state index in [-0.39, 0.29) is 17.8 Å². The van der Waals surface area contributed by atoms with Gasteiger partial charge in [-0.1, -0.05) is 0 Å². The molecule has 4 aliphatic carbocycles. The molecule has 1 aromatic carbocycles. The highest BCUT2D eigenvalue weighted by atomic mass is 32.1. The number of anilines is 2. The van der Waals surface area contributed by atoms with Gasteiger partial charge in [0.15, 0.2) is 5.13 Å².